The summed E-state index contributed by atoms with van der Waals surface area (Å²) in [5.41, 5.74) is 1.32. The number of rotatable bonds is 6. The van der Waals surface area contributed by atoms with Crippen LogP contribution in [0.15, 0.2) is 48.5 Å². The van der Waals surface area contributed by atoms with Crippen LogP contribution >= 0.6 is 11.6 Å². The molecule has 1 fully saturated rings. The average Bonchev–Trinajstić information content (AvgIpc) is 3.42. The zero-order valence-electron chi connectivity index (χ0n) is 14.2. The van der Waals surface area contributed by atoms with Gasteiger partial charge in [0.1, 0.15) is 5.82 Å². The van der Waals surface area contributed by atoms with Gasteiger partial charge < -0.3 is 10.1 Å². The molecule has 26 heavy (non-hydrogen) atoms. The Morgan fingerprint density at radius 3 is 2.58 bits per heavy atom. The molecule has 1 aliphatic rings. The molecule has 3 rings (SSSR count). The maximum Gasteiger partial charge on any atom is 0.307 e. The van der Waals surface area contributed by atoms with Gasteiger partial charge in [-0.1, -0.05) is 41.9 Å². The zero-order chi connectivity index (χ0) is 18.7. The second kappa shape index (κ2) is 7.87. The van der Waals surface area contributed by atoms with Crippen molar-refractivity contribution in [1.29, 1.82) is 0 Å². The van der Waals surface area contributed by atoms with Gasteiger partial charge in [0, 0.05) is 10.9 Å². The lowest BCUT2D eigenvalue weighted by Crippen LogP contribution is -2.32. The number of halogens is 2. The summed E-state index contributed by atoms with van der Waals surface area (Å²) in [6.45, 7) is 0. The van der Waals surface area contributed by atoms with Crippen LogP contribution in [0.2, 0.25) is 5.02 Å². The molecule has 136 valence electrons. The number of methoxy groups -OCH3 is 1. The van der Waals surface area contributed by atoms with Gasteiger partial charge in [0.25, 0.3) is 0 Å². The maximum absolute atomic E-state index is 13.9. The molecular formula is C20H19ClFNO3. The van der Waals surface area contributed by atoms with Gasteiger partial charge in [-0.25, -0.2) is 4.39 Å². The molecule has 2 aromatic carbocycles. The van der Waals surface area contributed by atoms with Crippen LogP contribution in [0.5, 0.6) is 0 Å². The Morgan fingerprint density at radius 2 is 1.92 bits per heavy atom. The van der Waals surface area contributed by atoms with Crippen LogP contribution in [0.1, 0.15) is 35.9 Å². The quantitative estimate of drug-likeness (QED) is 0.776. The molecule has 0 heterocycles. The van der Waals surface area contributed by atoms with E-state index in [1.807, 2.05) is 0 Å². The largest absolute Gasteiger partial charge is 0.469 e. The van der Waals surface area contributed by atoms with E-state index in [9.17, 15) is 14.0 Å². The lowest BCUT2D eigenvalue weighted by atomic mass is 10.0. The molecule has 2 aromatic rings. The monoisotopic (exact) mass is 375 g/mol. The molecular weight excluding hydrogens is 357 g/mol. The van der Waals surface area contributed by atoms with E-state index in [-0.39, 0.29) is 30.0 Å². The lowest BCUT2D eigenvalue weighted by Gasteiger charge is -2.18. The third-order valence-corrected chi connectivity index (χ3v) is 4.87. The highest BCUT2D eigenvalue weighted by atomic mass is 35.5. The number of carbonyl (C=O) groups excluding carboxylic acids is 2. The number of amides is 1. The van der Waals surface area contributed by atoms with Crippen LogP contribution < -0.4 is 5.32 Å². The summed E-state index contributed by atoms with van der Waals surface area (Å²) in [7, 11) is 1.30. The van der Waals surface area contributed by atoms with Crippen LogP contribution in [0.3, 0.4) is 0 Å². The van der Waals surface area contributed by atoms with E-state index < -0.39 is 12.0 Å². The van der Waals surface area contributed by atoms with Crippen molar-refractivity contribution in [3.8, 4) is 0 Å². The number of carbonyl (C=O) groups is 2. The predicted molar refractivity (Wildman–Crippen MR) is 96.2 cm³/mol. The van der Waals surface area contributed by atoms with Gasteiger partial charge >= 0.3 is 5.97 Å². The van der Waals surface area contributed by atoms with Crippen LogP contribution in [-0.2, 0) is 14.3 Å². The molecule has 3 unspecified atom stereocenters. The average molecular weight is 376 g/mol. The van der Waals surface area contributed by atoms with Crippen molar-refractivity contribution in [2.24, 2.45) is 5.92 Å². The third-order valence-electron chi connectivity index (χ3n) is 4.62. The summed E-state index contributed by atoms with van der Waals surface area (Å²) >= 11 is 5.90. The fraction of sp³-hybridized carbons (Fsp3) is 0.300. The van der Waals surface area contributed by atoms with Gasteiger partial charge in [0.2, 0.25) is 5.91 Å². The first-order chi connectivity index (χ1) is 12.5. The summed E-state index contributed by atoms with van der Waals surface area (Å²) in [4.78, 5) is 24.3. The molecule has 0 aromatic heterocycles. The second-order valence-electron chi connectivity index (χ2n) is 6.36. The molecule has 1 amide bonds. The van der Waals surface area contributed by atoms with Crippen molar-refractivity contribution < 1.29 is 18.7 Å². The Hall–Kier alpha value is -2.40. The summed E-state index contributed by atoms with van der Waals surface area (Å²) in [6, 6.07) is 12.9. The Morgan fingerprint density at radius 1 is 1.23 bits per heavy atom. The van der Waals surface area contributed by atoms with Crippen LogP contribution in [0.25, 0.3) is 0 Å². The van der Waals surface area contributed by atoms with E-state index in [2.05, 4.69) is 5.32 Å². The van der Waals surface area contributed by atoms with Crippen LogP contribution in [0.4, 0.5) is 4.39 Å². The molecule has 4 nitrogen and oxygen atoms in total. The third kappa shape index (κ3) is 4.22. The van der Waals surface area contributed by atoms with Crippen molar-refractivity contribution in [3.05, 3.63) is 70.5 Å². The van der Waals surface area contributed by atoms with E-state index in [1.54, 1.807) is 42.5 Å². The molecule has 6 heteroatoms. The summed E-state index contributed by atoms with van der Waals surface area (Å²) < 4.78 is 18.6. The zero-order valence-corrected chi connectivity index (χ0v) is 15.0. The smallest absolute Gasteiger partial charge is 0.307 e. The SMILES string of the molecule is COC(=O)CC(NC(=O)C1CC1c1ccccc1F)c1ccc(Cl)cc1. The number of hydrogen-bond acceptors (Lipinski definition) is 3. The molecule has 0 saturated heterocycles. The number of hydrogen-bond donors (Lipinski definition) is 1. The van der Waals surface area contributed by atoms with E-state index >= 15 is 0 Å². The highest BCUT2D eigenvalue weighted by Crippen LogP contribution is 2.48. The van der Waals surface area contributed by atoms with E-state index in [4.69, 9.17) is 16.3 Å². The highest BCUT2D eigenvalue weighted by molar-refractivity contribution is 6.30. The molecule has 0 radical (unpaired) electrons. The Bertz CT molecular complexity index is 809. The van der Waals surface area contributed by atoms with Gasteiger partial charge in [-0.2, -0.15) is 0 Å². The molecule has 1 aliphatic carbocycles. The second-order valence-corrected chi connectivity index (χ2v) is 6.80. The van der Waals surface area contributed by atoms with Gasteiger partial charge in [-0.3, -0.25) is 9.59 Å². The fourth-order valence-electron chi connectivity index (χ4n) is 3.08. The van der Waals surface area contributed by atoms with Crippen molar-refractivity contribution >= 4 is 23.5 Å². The first kappa shape index (κ1) is 18.4. The molecule has 0 spiro atoms. The molecule has 0 aliphatic heterocycles. The summed E-state index contributed by atoms with van der Waals surface area (Å²) in [6.07, 6.45) is 0.610. The Labute approximate surface area is 156 Å². The Balaban J connectivity index is 1.71. The minimum atomic E-state index is -0.519. The first-order valence-corrected chi connectivity index (χ1v) is 8.74. The van der Waals surface area contributed by atoms with Crippen molar-refractivity contribution in [1.82, 2.24) is 5.32 Å². The Kier molecular flexibility index (Phi) is 5.57. The van der Waals surface area contributed by atoms with Gasteiger partial charge in [-0.15, -0.1) is 0 Å². The molecule has 1 N–H and O–H groups in total. The van der Waals surface area contributed by atoms with Gasteiger partial charge in [0.05, 0.1) is 19.6 Å². The lowest BCUT2D eigenvalue weighted by molar-refractivity contribution is -0.141. The highest BCUT2D eigenvalue weighted by Gasteiger charge is 2.45. The van der Waals surface area contributed by atoms with E-state index in [0.29, 0.717) is 17.0 Å². The van der Waals surface area contributed by atoms with Gasteiger partial charge in [0.15, 0.2) is 0 Å². The fourth-order valence-corrected chi connectivity index (χ4v) is 3.21. The topological polar surface area (TPSA) is 55.4 Å². The summed E-state index contributed by atoms with van der Waals surface area (Å²) in [5, 5.41) is 3.46. The summed E-state index contributed by atoms with van der Waals surface area (Å²) in [5.74, 6) is -1.33. The van der Waals surface area contributed by atoms with Crippen molar-refractivity contribution in [2.45, 2.75) is 24.8 Å². The van der Waals surface area contributed by atoms with E-state index in [1.165, 1.54) is 13.2 Å². The van der Waals surface area contributed by atoms with Crippen LogP contribution in [-0.4, -0.2) is 19.0 Å². The number of esters is 1. The van der Waals surface area contributed by atoms with Crippen molar-refractivity contribution in [2.75, 3.05) is 7.11 Å². The minimum absolute atomic E-state index is 0.0148. The minimum Gasteiger partial charge on any atom is -0.469 e. The number of ether oxygens (including phenoxy) is 1. The predicted octanol–water partition coefficient (Wildman–Crippen LogP) is 4.00. The van der Waals surface area contributed by atoms with Gasteiger partial charge in [-0.05, 0) is 41.7 Å². The first-order valence-electron chi connectivity index (χ1n) is 8.36. The standard InChI is InChI=1S/C20H19ClFNO3/c1-26-19(24)11-18(12-6-8-13(21)9-7-12)23-20(25)16-10-15(16)14-4-2-3-5-17(14)22/h2-9,15-16,18H,10-11H2,1H3,(H,23,25). The number of nitrogens with one attached hydrogen (secondary N) is 1. The van der Waals surface area contributed by atoms with Crippen molar-refractivity contribution in [3.63, 3.8) is 0 Å². The van der Waals surface area contributed by atoms with Crippen LogP contribution in [0, 0.1) is 11.7 Å². The molecule has 1 saturated carbocycles. The molecule has 0 bridgehead atoms. The number of benzene rings is 2. The van der Waals surface area contributed by atoms with E-state index in [0.717, 1.165) is 5.56 Å². The normalized spacial score (nSPS) is 19.5. The maximum atomic E-state index is 13.9. The molecule has 3 atom stereocenters.